The molecule has 0 heterocycles. The maximum atomic E-state index is 12.6. The molecule has 2 aromatic rings. The van der Waals surface area contributed by atoms with Gasteiger partial charge in [0.05, 0.1) is 15.2 Å². The van der Waals surface area contributed by atoms with Crippen molar-refractivity contribution in [2.75, 3.05) is 0 Å². The molecule has 0 radical (unpaired) electrons. The van der Waals surface area contributed by atoms with Crippen LogP contribution in [0.5, 0.6) is 0 Å². The normalized spacial score (nSPS) is 14.4. The Balaban J connectivity index is 2.17. The molecule has 22 heavy (non-hydrogen) atoms. The maximum absolute atomic E-state index is 12.6. The molecule has 1 nitrogen and oxygen atoms in total. The summed E-state index contributed by atoms with van der Waals surface area (Å²) < 4.78 is 37.7. The minimum Gasteiger partial charge on any atom is -0.293 e. The van der Waals surface area contributed by atoms with Crippen LogP contribution in [0, 0.1) is 0 Å². The van der Waals surface area contributed by atoms with Crippen molar-refractivity contribution in [2.45, 2.75) is 15.8 Å². The van der Waals surface area contributed by atoms with Crippen LogP contribution in [0.3, 0.4) is 0 Å². The second kappa shape index (κ2) is 6.96. The van der Waals surface area contributed by atoms with Crippen molar-refractivity contribution in [1.82, 2.24) is 0 Å². The van der Waals surface area contributed by atoms with Crippen LogP contribution in [0.15, 0.2) is 54.6 Å². The summed E-state index contributed by atoms with van der Waals surface area (Å²) in [4.78, 5) is 11.3. The molecular weight excluding hydrogens is 425 g/mol. The smallest absolute Gasteiger partial charge is 0.293 e. The van der Waals surface area contributed by atoms with Gasteiger partial charge in [0.1, 0.15) is 0 Å². The van der Waals surface area contributed by atoms with E-state index in [-0.39, 0.29) is 5.78 Å². The number of carbonyl (C=O) groups excluding carboxylic acids is 1. The predicted molar refractivity (Wildman–Crippen MR) is 86.6 cm³/mol. The van der Waals surface area contributed by atoms with Crippen LogP contribution in [0.25, 0.3) is 0 Å². The lowest BCUT2D eigenvalue weighted by Gasteiger charge is -2.17. The summed E-state index contributed by atoms with van der Waals surface area (Å²) in [6, 6.07) is 13.5. The average Bonchev–Trinajstić information content (AvgIpc) is 2.53. The molecule has 0 bridgehead atoms. The fourth-order valence-electron chi connectivity index (χ4n) is 1.92. The number of alkyl halides is 5. The van der Waals surface area contributed by atoms with Crippen molar-refractivity contribution in [2.24, 2.45) is 0 Å². The lowest BCUT2D eigenvalue weighted by molar-refractivity contribution is -0.137. The van der Waals surface area contributed by atoms with Crippen molar-refractivity contribution < 1.29 is 18.0 Å². The number of hydrogen-bond acceptors (Lipinski definition) is 1. The quantitative estimate of drug-likeness (QED) is 0.439. The number of ketones is 1. The molecule has 0 aliphatic heterocycles. The van der Waals surface area contributed by atoms with Gasteiger partial charge in [-0.2, -0.15) is 13.2 Å². The number of hydrogen-bond donors (Lipinski definition) is 0. The molecule has 6 heteroatoms. The van der Waals surface area contributed by atoms with E-state index in [0.29, 0.717) is 11.1 Å². The van der Waals surface area contributed by atoms with E-state index in [2.05, 4.69) is 31.9 Å². The first kappa shape index (κ1) is 17.2. The van der Waals surface area contributed by atoms with E-state index in [1.54, 1.807) is 24.3 Å². The molecule has 0 aliphatic carbocycles. The summed E-state index contributed by atoms with van der Waals surface area (Å²) in [5.74, 6) is -0.137. The molecule has 0 aromatic heterocycles. The zero-order chi connectivity index (χ0) is 16.3. The van der Waals surface area contributed by atoms with Crippen LogP contribution >= 0.6 is 31.9 Å². The molecular formula is C16H11Br2F3O. The van der Waals surface area contributed by atoms with Crippen molar-refractivity contribution in [3.63, 3.8) is 0 Å². The highest BCUT2D eigenvalue weighted by Crippen LogP contribution is 2.35. The first-order valence-electron chi connectivity index (χ1n) is 6.35. The number of carbonyl (C=O) groups is 1. The minimum atomic E-state index is -4.37. The Bertz CT molecular complexity index is 639. The van der Waals surface area contributed by atoms with Crippen LogP contribution in [-0.4, -0.2) is 10.6 Å². The Morgan fingerprint density at radius 2 is 1.45 bits per heavy atom. The first-order chi connectivity index (χ1) is 10.3. The van der Waals surface area contributed by atoms with Gasteiger partial charge in [0.2, 0.25) is 0 Å². The Kier molecular flexibility index (Phi) is 5.45. The number of halogens is 5. The molecule has 0 saturated heterocycles. The molecule has 0 N–H and O–H groups in total. The van der Waals surface area contributed by atoms with Gasteiger partial charge in [-0.1, -0.05) is 74.3 Å². The first-order valence-corrected chi connectivity index (χ1v) is 8.18. The summed E-state index contributed by atoms with van der Waals surface area (Å²) in [6.45, 7) is 0. The van der Waals surface area contributed by atoms with Crippen molar-refractivity contribution in [1.29, 1.82) is 0 Å². The van der Waals surface area contributed by atoms with Gasteiger partial charge in [-0.05, 0) is 17.7 Å². The summed E-state index contributed by atoms with van der Waals surface area (Å²) in [7, 11) is 0. The fraction of sp³-hybridized carbons (Fsp3) is 0.188. The van der Waals surface area contributed by atoms with E-state index in [4.69, 9.17) is 0 Å². The van der Waals surface area contributed by atoms with E-state index >= 15 is 0 Å². The summed E-state index contributed by atoms with van der Waals surface area (Å²) in [5, 5.41) is 0. The highest BCUT2D eigenvalue weighted by Gasteiger charge is 2.31. The third kappa shape index (κ3) is 3.98. The number of benzene rings is 2. The number of Topliss-reactive ketones (excluding diaryl/α,β-unsaturated/α-hetero) is 1. The lowest BCUT2D eigenvalue weighted by Crippen LogP contribution is -2.19. The zero-order valence-corrected chi connectivity index (χ0v) is 14.3. The van der Waals surface area contributed by atoms with E-state index in [1.165, 1.54) is 12.1 Å². The average molecular weight is 436 g/mol. The van der Waals surface area contributed by atoms with E-state index in [1.807, 2.05) is 6.07 Å². The standard InChI is InChI=1S/C16H11Br2F3O/c17-13(10-6-8-12(9-7-10)16(19,20)21)14(18)15(22)11-4-2-1-3-5-11/h1-9,13-14H. The number of rotatable bonds is 4. The highest BCUT2D eigenvalue weighted by atomic mass is 79.9. The predicted octanol–water partition coefficient (Wildman–Crippen LogP) is 5.79. The van der Waals surface area contributed by atoms with Gasteiger partial charge in [-0.25, -0.2) is 0 Å². The van der Waals surface area contributed by atoms with E-state index in [0.717, 1.165) is 12.1 Å². The molecule has 2 rings (SSSR count). The lowest BCUT2D eigenvalue weighted by atomic mass is 10.0. The maximum Gasteiger partial charge on any atom is 0.416 e. The Labute approximate surface area is 142 Å². The van der Waals surface area contributed by atoms with Crippen molar-refractivity contribution in [3.05, 3.63) is 71.3 Å². The Morgan fingerprint density at radius 1 is 0.909 bits per heavy atom. The van der Waals surface area contributed by atoms with Gasteiger partial charge >= 0.3 is 6.18 Å². The van der Waals surface area contributed by atoms with Crippen LogP contribution < -0.4 is 0 Å². The van der Waals surface area contributed by atoms with Gasteiger partial charge < -0.3 is 0 Å². The third-order valence-electron chi connectivity index (χ3n) is 3.12. The fourth-order valence-corrected chi connectivity index (χ4v) is 3.03. The second-order valence-corrected chi connectivity index (χ2v) is 6.63. The van der Waals surface area contributed by atoms with Crippen LogP contribution in [0.1, 0.15) is 26.3 Å². The molecule has 0 spiro atoms. The third-order valence-corrected chi connectivity index (χ3v) is 5.83. The topological polar surface area (TPSA) is 17.1 Å². The van der Waals surface area contributed by atoms with Gasteiger partial charge in [-0.3, -0.25) is 4.79 Å². The minimum absolute atomic E-state index is 0.137. The molecule has 2 unspecified atom stereocenters. The molecule has 116 valence electrons. The summed E-state index contributed by atoms with van der Waals surface area (Å²) in [6.07, 6.45) is -4.37. The molecule has 2 aromatic carbocycles. The highest BCUT2D eigenvalue weighted by molar-refractivity contribution is 9.12. The SMILES string of the molecule is O=C(c1ccccc1)C(Br)C(Br)c1ccc(C(F)(F)F)cc1. The van der Waals surface area contributed by atoms with E-state index < -0.39 is 21.4 Å². The molecule has 2 atom stereocenters. The molecule has 0 amide bonds. The molecule has 0 fully saturated rings. The molecule has 0 aliphatic rings. The Morgan fingerprint density at radius 3 is 1.95 bits per heavy atom. The monoisotopic (exact) mass is 434 g/mol. The largest absolute Gasteiger partial charge is 0.416 e. The second-order valence-electron chi connectivity index (χ2n) is 4.65. The van der Waals surface area contributed by atoms with Crippen LogP contribution in [0.2, 0.25) is 0 Å². The van der Waals surface area contributed by atoms with Crippen molar-refractivity contribution >= 4 is 37.6 Å². The zero-order valence-electron chi connectivity index (χ0n) is 11.1. The van der Waals surface area contributed by atoms with Gasteiger partial charge in [-0.15, -0.1) is 0 Å². The van der Waals surface area contributed by atoms with Crippen LogP contribution in [0.4, 0.5) is 13.2 Å². The molecule has 0 saturated carbocycles. The Hall–Kier alpha value is -1.14. The van der Waals surface area contributed by atoms with Gasteiger partial charge in [0.25, 0.3) is 0 Å². The summed E-state index contributed by atoms with van der Waals surface area (Å²) in [5.41, 5.74) is 0.427. The van der Waals surface area contributed by atoms with Crippen molar-refractivity contribution in [3.8, 4) is 0 Å². The van der Waals surface area contributed by atoms with Gasteiger partial charge in [0, 0.05) is 5.56 Å². The van der Waals surface area contributed by atoms with Gasteiger partial charge in [0.15, 0.2) is 5.78 Å². The summed E-state index contributed by atoms with van der Waals surface area (Å²) >= 11 is 6.70. The van der Waals surface area contributed by atoms with Crippen LogP contribution in [-0.2, 0) is 6.18 Å². The van der Waals surface area contributed by atoms with E-state index in [9.17, 15) is 18.0 Å².